The van der Waals surface area contributed by atoms with E-state index in [0.29, 0.717) is 23.1 Å². The van der Waals surface area contributed by atoms with Crippen molar-refractivity contribution in [2.45, 2.75) is 31.4 Å². The summed E-state index contributed by atoms with van der Waals surface area (Å²) in [5.74, 6) is 1.68. The summed E-state index contributed by atoms with van der Waals surface area (Å²) in [6.07, 6.45) is 6.06. The highest BCUT2D eigenvalue weighted by atomic mass is 16.6. The first-order chi connectivity index (χ1) is 15.8. The summed E-state index contributed by atoms with van der Waals surface area (Å²) in [4.78, 5) is 19.6. The predicted octanol–water partition coefficient (Wildman–Crippen LogP) is 5.13. The van der Waals surface area contributed by atoms with E-state index in [0.717, 1.165) is 32.4 Å². The van der Waals surface area contributed by atoms with E-state index in [1.807, 2.05) is 66.9 Å². The van der Waals surface area contributed by atoms with Gasteiger partial charge < -0.3 is 9.47 Å². The Labute approximate surface area is 188 Å². The Kier molecular flexibility index (Phi) is 6.03. The highest BCUT2D eigenvalue weighted by Crippen LogP contribution is 2.36. The first kappa shape index (κ1) is 20.5. The monoisotopic (exact) mass is 429 g/mol. The van der Waals surface area contributed by atoms with Crippen LogP contribution < -0.4 is 10.1 Å². The summed E-state index contributed by atoms with van der Waals surface area (Å²) in [6.45, 7) is 2.12. The third-order valence-electron chi connectivity index (χ3n) is 6.39. The second kappa shape index (κ2) is 9.40. The number of fused-ring (bicyclic) bond motifs is 3. The molecule has 1 amide bonds. The fourth-order valence-corrected chi connectivity index (χ4v) is 4.82. The van der Waals surface area contributed by atoms with Gasteiger partial charge in [0.2, 0.25) is 0 Å². The minimum absolute atomic E-state index is 0.139. The standard InChI is InChI=1S/C26H27N3O3/c30-26(28-22-10-4-5-11-24(22)31-21-8-2-1-3-9-21)32-25-20-12-15-29(16-13-20)23(25)17-19-7-6-14-27-18-19/h1-11,14,18,20,23,25H,12-13,15-17H2,(H,28,30)/t23-,25+/m0/s1. The number of nitrogens with one attached hydrogen (secondary N) is 1. The predicted molar refractivity (Wildman–Crippen MR) is 123 cm³/mol. The van der Waals surface area contributed by atoms with Crippen molar-refractivity contribution >= 4 is 11.8 Å². The lowest BCUT2D eigenvalue weighted by Crippen LogP contribution is -2.60. The normalized spacial score (nSPS) is 24.0. The number of rotatable bonds is 6. The molecule has 2 bridgehead atoms. The number of nitrogens with zero attached hydrogens (tertiary/aromatic N) is 2. The zero-order chi connectivity index (χ0) is 21.8. The second-order valence-corrected chi connectivity index (χ2v) is 8.41. The van der Waals surface area contributed by atoms with Crippen molar-refractivity contribution in [3.63, 3.8) is 0 Å². The van der Waals surface area contributed by atoms with Crippen molar-refractivity contribution in [1.82, 2.24) is 9.88 Å². The van der Waals surface area contributed by atoms with E-state index in [4.69, 9.17) is 9.47 Å². The number of pyridine rings is 1. The van der Waals surface area contributed by atoms with Gasteiger partial charge in [-0.25, -0.2) is 4.79 Å². The molecule has 0 aliphatic carbocycles. The number of ether oxygens (including phenoxy) is 2. The zero-order valence-electron chi connectivity index (χ0n) is 17.9. The molecule has 0 unspecified atom stereocenters. The van der Waals surface area contributed by atoms with Gasteiger partial charge in [0.05, 0.1) is 11.7 Å². The Morgan fingerprint density at radius 1 is 1.00 bits per heavy atom. The molecule has 164 valence electrons. The van der Waals surface area contributed by atoms with Crippen LogP contribution in [0, 0.1) is 5.92 Å². The van der Waals surface area contributed by atoms with E-state index in [-0.39, 0.29) is 12.1 Å². The highest BCUT2D eigenvalue weighted by molar-refractivity contribution is 5.87. The van der Waals surface area contributed by atoms with Gasteiger partial charge in [-0.1, -0.05) is 36.4 Å². The van der Waals surface area contributed by atoms with Crippen molar-refractivity contribution in [3.05, 3.63) is 84.7 Å². The molecule has 0 spiro atoms. The Morgan fingerprint density at radius 2 is 1.78 bits per heavy atom. The van der Waals surface area contributed by atoms with Gasteiger partial charge in [-0.05, 0) is 68.2 Å². The minimum Gasteiger partial charge on any atom is -0.455 e. The minimum atomic E-state index is -0.441. The van der Waals surface area contributed by atoms with E-state index in [9.17, 15) is 4.79 Å². The molecule has 3 aliphatic heterocycles. The van der Waals surface area contributed by atoms with Gasteiger partial charge in [0, 0.05) is 18.3 Å². The first-order valence-electron chi connectivity index (χ1n) is 11.2. The number of amides is 1. The molecule has 1 N–H and O–H groups in total. The summed E-state index contributed by atoms with van der Waals surface area (Å²) >= 11 is 0. The molecule has 3 saturated heterocycles. The number of piperidine rings is 3. The van der Waals surface area contributed by atoms with Crippen LogP contribution in [0.25, 0.3) is 0 Å². The number of carbonyl (C=O) groups excluding carboxylic acids is 1. The van der Waals surface area contributed by atoms with Gasteiger partial charge in [0.25, 0.3) is 0 Å². The van der Waals surface area contributed by atoms with Crippen LogP contribution in [-0.4, -0.2) is 41.2 Å². The average Bonchev–Trinajstić information content (AvgIpc) is 2.84. The average molecular weight is 430 g/mol. The Balaban J connectivity index is 1.29. The number of hydrogen-bond acceptors (Lipinski definition) is 5. The topological polar surface area (TPSA) is 63.7 Å². The van der Waals surface area contributed by atoms with E-state index >= 15 is 0 Å². The SMILES string of the molecule is O=C(Nc1ccccc1Oc1ccccc1)O[C@@H]1C2CCN(CC2)[C@H]1Cc1cccnc1. The molecule has 3 fully saturated rings. The van der Waals surface area contributed by atoms with E-state index in [1.54, 1.807) is 6.20 Å². The largest absolute Gasteiger partial charge is 0.455 e. The first-order valence-corrected chi connectivity index (χ1v) is 11.2. The molecule has 6 rings (SSSR count). The van der Waals surface area contributed by atoms with E-state index < -0.39 is 6.09 Å². The second-order valence-electron chi connectivity index (χ2n) is 8.41. The van der Waals surface area contributed by atoms with Crippen LogP contribution in [0.3, 0.4) is 0 Å². The number of anilines is 1. The van der Waals surface area contributed by atoms with E-state index in [1.165, 1.54) is 5.56 Å². The van der Waals surface area contributed by atoms with Gasteiger partial charge in [0.1, 0.15) is 11.9 Å². The number of aromatic nitrogens is 1. The van der Waals surface area contributed by atoms with Gasteiger partial charge in [0.15, 0.2) is 5.75 Å². The van der Waals surface area contributed by atoms with Crippen LogP contribution in [0.5, 0.6) is 11.5 Å². The molecule has 0 radical (unpaired) electrons. The molecule has 2 atom stereocenters. The van der Waals surface area contributed by atoms with Crippen LogP contribution >= 0.6 is 0 Å². The van der Waals surface area contributed by atoms with Crippen LogP contribution in [0.15, 0.2) is 79.1 Å². The van der Waals surface area contributed by atoms with Gasteiger partial charge in [-0.15, -0.1) is 0 Å². The molecule has 1 aromatic heterocycles. The van der Waals surface area contributed by atoms with Crippen LogP contribution in [0.1, 0.15) is 18.4 Å². The molecule has 4 heterocycles. The van der Waals surface area contributed by atoms with E-state index in [2.05, 4.69) is 21.3 Å². The number of hydrogen-bond donors (Lipinski definition) is 1. The Bertz CT molecular complexity index is 1040. The molecular formula is C26H27N3O3. The van der Waals surface area contributed by atoms with Crippen LogP contribution in [0.2, 0.25) is 0 Å². The maximum atomic E-state index is 12.9. The third kappa shape index (κ3) is 4.60. The van der Waals surface area contributed by atoms with Crippen LogP contribution in [0.4, 0.5) is 10.5 Å². The third-order valence-corrected chi connectivity index (χ3v) is 6.39. The van der Waals surface area contributed by atoms with Gasteiger partial charge in [-0.3, -0.25) is 15.2 Å². The molecule has 6 nitrogen and oxygen atoms in total. The summed E-state index contributed by atoms with van der Waals surface area (Å²) in [6, 6.07) is 21.1. The van der Waals surface area contributed by atoms with Crippen molar-refractivity contribution in [2.75, 3.05) is 18.4 Å². The fourth-order valence-electron chi connectivity index (χ4n) is 4.82. The summed E-state index contributed by atoms with van der Waals surface area (Å²) in [5.41, 5.74) is 1.76. The van der Waals surface area contributed by atoms with Gasteiger partial charge >= 0.3 is 6.09 Å². The Hall–Kier alpha value is -3.38. The molecule has 32 heavy (non-hydrogen) atoms. The maximum Gasteiger partial charge on any atom is 0.412 e. The summed E-state index contributed by atoms with van der Waals surface area (Å²) in [7, 11) is 0. The fraction of sp³-hybridized carbons (Fsp3) is 0.308. The number of para-hydroxylation sites is 3. The lowest BCUT2D eigenvalue weighted by atomic mass is 9.78. The lowest BCUT2D eigenvalue weighted by Gasteiger charge is -2.50. The lowest BCUT2D eigenvalue weighted by molar-refractivity contribution is -0.0741. The summed E-state index contributed by atoms with van der Waals surface area (Å²) in [5, 5.41) is 2.90. The van der Waals surface area contributed by atoms with Crippen molar-refractivity contribution in [2.24, 2.45) is 5.92 Å². The maximum absolute atomic E-state index is 12.9. The summed E-state index contributed by atoms with van der Waals surface area (Å²) < 4.78 is 12.0. The molecule has 2 aromatic carbocycles. The molecular weight excluding hydrogens is 402 g/mol. The van der Waals surface area contributed by atoms with Crippen molar-refractivity contribution in [3.8, 4) is 11.5 Å². The molecule has 3 aromatic rings. The van der Waals surface area contributed by atoms with Crippen molar-refractivity contribution in [1.29, 1.82) is 0 Å². The molecule has 6 heteroatoms. The highest BCUT2D eigenvalue weighted by Gasteiger charge is 2.44. The van der Waals surface area contributed by atoms with Gasteiger partial charge in [-0.2, -0.15) is 0 Å². The smallest absolute Gasteiger partial charge is 0.412 e. The molecule has 3 aliphatic rings. The number of carbonyl (C=O) groups is 1. The van der Waals surface area contributed by atoms with Crippen molar-refractivity contribution < 1.29 is 14.3 Å². The quantitative estimate of drug-likeness (QED) is 0.589. The number of benzene rings is 2. The van der Waals surface area contributed by atoms with Crippen LogP contribution in [-0.2, 0) is 11.2 Å². The molecule has 0 saturated carbocycles. The Morgan fingerprint density at radius 3 is 2.56 bits per heavy atom. The zero-order valence-corrected chi connectivity index (χ0v) is 17.9.